The summed E-state index contributed by atoms with van der Waals surface area (Å²) in [7, 11) is 1.65. The first-order chi connectivity index (χ1) is 15.9. The van der Waals surface area contributed by atoms with E-state index in [1.54, 1.807) is 7.11 Å². The van der Waals surface area contributed by atoms with Gasteiger partial charge in [-0.1, -0.05) is 18.6 Å². The Morgan fingerprint density at radius 3 is 2.36 bits per heavy atom. The Morgan fingerprint density at radius 1 is 1.06 bits per heavy atom. The van der Waals surface area contributed by atoms with E-state index >= 15 is 0 Å². The number of nitrogens with zero attached hydrogens (tertiary/aromatic N) is 1. The molecule has 6 nitrogen and oxygen atoms in total. The number of ether oxygens (including phenoxy) is 2. The second-order valence-corrected chi connectivity index (χ2v) is 9.46. The molecule has 2 bridgehead atoms. The molecular formula is C27H33NO5. The van der Waals surface area contributed by atoms with E-state index in [0.29, 0.717) is 24.2 Å². The molecule has 2 aliphatic rings. The predicted molar refractivity (Wildman–Crippen MR) is 124 cm³/mol. The van der Waals surface area contributed by atoms with E-state index in [9.17, 15) is 14.4 Å². The zero-order chi connectivity index (χ0) is 23.5. The largest absolute Gasteiger partial charge is 0.497 e. The molecule has 1 heterocycles. The van der Waals surface area contributed by atoms with Gasteiger partial charge in [0, 0.05) is 35.3 Å². The summed E-state index contributed by atoms with van der Waals surface area (Å²) in [6, 6.07) is 9.87. The third-order valence-electron chi connectivity index (χ3n) is 7.38. The summed E-state index contributed by atoms with van der Waals surface area (Å²) in [5, 5.41) is 0. The molecule has 6 heteroatoms. The Balaban J connectivity index is 1.33. The first-order valence-corrected chi connectivity index (χ1v) is 11.9. The fourth-order valence-electron chi connectivity index (χ4n) is 5.46. The van der Waals surface area contributed by atoms with Crippen LogP contribution < -0.4 is 4.74 Å². The molecule has 2 fully saturated rings. The van der Waals surface area contributed by atoms with Crippen molar-refractivity contribution in [3.63, 3.8) is 0 Å². The normalized spacial score (nSPS) is 22.2. The fourth-order valence-corrected chi connectivity index (χ4v) is 5.46. The van der Waals surface area contributed by atoms with Crippen molar-refractivity contribution in [2.24, 2.45) is 17.8 Å². The molecule has 2 aliphatic carbocycles. The molecule has 0 amide bonds. The summed E-state index contributed by atoms with van der Waals surface area (Å²) in [6.07, 6.45) is 4.80. The fraction of sp³-hybridized carbons (Fsp3) is 0.519. The molecule has 2 aromatic rings. The van der Waals surface area contributed by atoms with Crippen LogP contribution in [0.25, 0.3) is 0 Å². The van der Waals surface area contributed by atoms with Gasteiger partial charge >= 0.3 is 5.97 Å². The molecule has 1 aromatic carbocycles. The average molecular weight is 452 g/mol. The number of ketones is 2. The number of aromatic nitrogens is 1. The zero-order valence-electron chi connectivity index (χ0n) is 19.8. The number of aryl methyl sites for hydroxylation is 2. The van der Waals surface area contributed by atoms with Crippen LogP contribution in [0.4, 0.5) is 0 Å². The lowest BCUT2D eigenvalue weighted by molar-refractivity contribution is -0.152. The van der Waals surface area contributed by atoms with Crippen molar-refractivity contribution in [2.75, 3.05) is 13.7 Å². The van der Waals surface area contributed by atoms with Crippen LogP contribution in [0.2, 0.25) is 0 Å². The van der Waals surface area contributed by atoms with Crippen molar-refractivity contribution in [1.29, 1.82) is 0 Å². The quantitative estimate of drug-likeness (QED) is 0.437. The summed E-state index contributed by atoms with van der Waals surface area (Å²) in [5.41, 5.74) is 3.70. The number of fused-ring (bicyclic) bond motifs is 2. The second kappa shape index (κ2) is 9.94. The van der Waals surface area contributed by atoms with Crippen LogP contribution in [0, 0.1) is 31.6 Å². The molecular weight excluding hydrogens is 418 g/mol. The van der Waals surface area contributed by atoms with Crippen LogP contribution in [0.15, 0.2) is 30.3 Å². The highest BCUT2D eigenvalue weighted by Crippen LogP contribution is 2.40. The monoisotopic (exact) mass is 451 g/mol. The van der Waals surface area contributed by atoms with Crippen molar-refractivity contribution in [2.45, 2.75) is 58.9 Å². The van der Waals surface area contributed by atoms with Crippen LogP contribution in [0.5, 0.6) is 5.75 Å². The second-order valence-electron chi connectivity index (χ2n) is 9.46. The first-order valence-electron chi connectivity index (χ1n) is 11.9. The Hall–Kier alpha value is -2.89. The Morgan fingerprint density at radius 2 is 1.73 bits per heavy atom. The van der Waals surface area contributed by atoms with Gasteiger partial charge in [-0.2, -0.15) is 0 Å². The summed E-state index contributed by atoms with van der Waals surface area (Å²) in [6.45, 7) is 4.43. The van der Waals surface area contributed by atoms with E-state index < -0.39 is 0 Å². The number of hydrogen-bond acceptors (Lipinski definition) is 5. The molecule has 2 atom stereocenters. The van der Waals surface area contributed by atoms with E-state index in [-0.39, 0.29) is 36.1 Å². The SMILES string of the molecule is COc1ccc(CCn2c(C)cc(C(=O)COC(=O)C3CC4CCCC(C3)C4=O)c2C)cc1. The minimum atomic E-state index is -0.332. The molecule has 0 N–H and O–H groups in total. The number of rotatable bonds is 8. The molecule has 33 heavy (non-hydrogen) atoms. The lowest BCUT2D eigenvalue weighted by Crippen LogP contribution is -2.39. The van der Waals surface area contributed by atoms with Gasteiger partial charge in [0.15, 0.2) is 6.61 Å². The Kier molecular flexibility index (Phi) is 7.01. The summed E-state index contributed by atoms with van der Waals surface area (Å²) < 4.78 is 12.8. The van der Waals surface area contributed by atoms with Gasteiger partial charge in [0.1, 0.15) is 11.5 Å². The van der Waals surface area contributed by atoms with Gasteiger partial charge in [0.25, 0.3) is 0 Å². The van der Waals surface area contributed by atoms with Crippen molar-refractivity contribution in [3.8, 4) is 5.75 Å². The molecule has 1 aromatic heterocycles. The molecule has 0 radical (unpaired) electrons. The van der Waals surface area contributed by atoms with Gasteiger partial charge in [-0.25, -0.2) is 0 Å². The van der Waals surface area contributed by atoms with Crippen LogP contribution in [0.3, 0.4) is 0 Å². The van der Waals surface area contributed by atoms with Crippen molar-refractivity contribution >= 4 is 17.5 Å². The Bertz CT molecular complexity index is 1020. The summed E-state index contributed by atoms with van der Waals surface area (Å²) in [5.74, 6) is 0.370. The van der Waals surface area contributed by atoms with Crippen LogP contribution >= 0.6 is 0 Å². The van der Waals surface area contributed by atoms with Gasteiger partial charge in [0.05, 0.1) is 13.0 Å². The molecule has 2 saturated carbocycles. The third-order valence-corrected chi connectivity index (χ3v) is 7.38. The van der Waals surface area contributed by atoms with Crippen molar-refractivity contribution in [1.82, 2.24) is 4.57 Å². The number of benzene rings is 1. The van der Waals surface area contributed by atoms with Gasteiger partial charge in [0.2, 0.25) is 5.78 Å². The topological polar surface area (TPSA) is 74.6 Å². The molecule has 0 spiro atoms. The number of esters is 1. The maximum Gasteiger partial charge on any atom is 0.309 e. The summed E-state index contributed by atoms with van der Waals surface area (Å²) >= 11 is 0. The maximum atomic E-state index is 12.9. The zero-order valence-corrected chi connectivity index (χ0v) is 19.8. The van der Waals surface area contributed by atoms with Crippen LogP contribution in [-0.4, -0.2) is 35.8 Å². The molecule has 2 unspecified atom stereocenters. The van der Waals surface area contributed by atoms with Gasteiger partial charge in [-0.15, -0.1) is 0 Å². The van der Waals surface area contributed by atoms with E-state index in [4.69, 9.17) is 9.47 Å². The molecule has 0 saturated heterocycles. The maximum absolute atomic E-state index is 12.9. The molecule has 0 aliphatic heterocycles. The summed E-state index contributed by atoms with van der Waals surface area (Å²) in [4.78, 5) is 37.7. The lowest BCUT2D eigenvalue weighted by atomic mass is 9.67. The Labute approximate surface area is 195 Å². The highest BCUT2D eigenvalue weighted by Gasteiger charge is 2.41. The predicted octanol–water partition coefficient (Wildman–Crippen LogP) is 4.48. The first kappa shape index (κ1) is 23.3. The minimum absolute atomic E-state index is 0.00428. The van der Waals surface area contributed by atoms with E-state index in [1.165, 1.54) is 5.56 Å². The number of carbonyl (C=O) groups is 3. The smallest absolute Gasteiger partial charge is 0.309 e. The van der Waals surface area contributed by atoms with Gasteiger partial charge in [-0.3, -0.25) is 14.4 Å². The lowest BCUT2D eigenvalue weighted by Gasteiger charge is -2.36. The number of Topliss-reactive ketones (excluding diaryl/α,β-unsaturated/α-hetero) is 2. The molecule has 176 valence electrons. The molecule has 4 rings (SSSR count). The average Bonchev–Trinajstić information content (AvgIpc) is 3.09. The van der Waals surface area contributed by atoms with Crippen molar-refractivity contribution < 1.29 is 23.9 Å². The van der Waals surface area contributed by atoms with E-state index in [2.05, 4.69) is 4.57 Å². The number of carbonyl (C=O) groups excluding carboxylic acids is 3. The number of hydrogen-bond donors (Lipinski definition) is 0. The van der Waals surface area contributed by atoms with Crippen LogP contribution in [0.1, 0.15) is 59.4 Å². The van der Waals surface area contributed by atoms with Crippen molar-refractivity contribution in [3.05, 3.63) is 52.8 Å². The van der Waals surface area contributed by atoms with Gasteiger partial charge < -0.3 is 14.0 Å². The van der Waals surface area contributed by atoms with Crippen LogP contribution in [-0.2, 0) is 27.3 Å². The standard InChI is InChI=1S/C27H33NO5/c1-17-13-24(18(2)28(17)12-11-19-7-9-23(32-3)10-8-19)25(29)16-33-27(31)22-14-20-5-4-6-21(15-22)26(20)30/h7-10,13,20-22H,4-6,11-12,14-16H2,1-3H3. The van der Waals surface area contributed by atoms with Gasteiger partial charge in [-0.05, 0) is 69.7 Å². The highest BCUT2D eigenvalue weighted by atomic mass is 16.5. The van der Waals surface area contributed by atoms with E-state index in [1.807, 2.05) is 44.2 Å². The third kappa shape index (κ3) is 5.05. The number of methoxy groups -OCH3 is 1. The minimum Gasteiger partial charge on any atom is -0.497 e. The highest BCUT2D eigenvalue weighted by molar-refractivity contribution is 5.99. The van der Waals surface area contributed by atoms with E-state index in [0.717, 1.165) is 49.4 Å².